The van der Waals surface area contributed by atoms with Crippen LogP contribution in [0.2, 0.25) is 5.02 Å². The zero-order valence-corrected chi connectivity index (χ0v) is 17.5. The molecule has 2 aromatic carbocycles. The minimum Gasteiger partial charge on any atom is -0.356 e. The fourth-order valence-electron chi connectivity index (χ4n) is 4.10. The molecule has 2 aromatic rings. The number of nitrogens with zero attached hydrogens (tertiary/aromatic N) is 1. The van der Waals surface area contributed by atoms with Crippen LogP contribution in [0.25, 0.3) is 0 Å². The van der Waals surface area contributed by atoms with Gasteiger partial charge in [-0.15, -0.1) is 0 Å². The van der Waals surface area contributed by atoms with E-state index in [-0.39, 0.29) is 23.8 Å². The van der Waals surface area contributed by atoms with Crippen molar-refractivity contribution in [1.29, 1.82) is 0 Å². The van der Waals surface area contributed by atoms with Crippen LogP contribution in [0, 0.1) is 18.8 Å². The van der Waals surface area contributed by atoms with Crippen molar-refractivity contribution in [2.75, 3.05) is 13.1 Å². The summed E-state index contributed by atoms with van der Waals surface area (Å²) >= 11 is 6.00. The number of amides is 2. The lowest BCUT2D eigenvalue weighted by atomic mass is 9.87. The average Bonchev–Trinajstić information content (AvgIpc) is 3.56. The fourth-order valence-corrected chi connectivity index (χ4v) is 4.23. The number of piperidine rings is 1. The summed E-state index contributed by atoms with van der Waals surface area (Å²) in [7, 11) is 0. The van der Waals surface area contributed by atoms with Crippen LogP contribution in [0.15, 0.2) is 48.5 Å². The molecule has 0 bridgehead atoms. The summed E-state index contributed by atoms with van der Waals surface area (Å²) in [5.74, 6) is 0.516. The van der Waals surface area contributed by atoms with E-state index in [1.807, 2.05) is 11.0 Å². The molecule has 2 atom stereocenters. The van der Waals surface area contributed by atoms with E-state index in [4.69, 9.17) is 11.6 Å². The number of aryl methyl sites for hydroxylation is 1. The predicted octanol–water partition coefficient (Wildman–Crippen LogP) is 4.77. The first-order valence-corrected chi connectivity index (χ1v) is 10.8. The van der Waals surface area contributed by atoms with Gasteiger partial charge in [-0.2, -0.15) is 0 Å². The predicted molar refractivity (Wildman–Crippen MR) is 115 cm³/mol. The first-order valence-electron chi connectivity index (χ1n) is 10.4. The van der Waals surface area contributed by atoms with E-state index in [1.54, 1.807) is 24.3 Å². The Labute approximate surface area is 177 Å². The molecule has 5 heteroatoms. The third-order valence-electron chi connectivity index (χ3n) is 5.99. The van der Waals surface area contributed by atoms with Crippen LogP contribution in [-0.2, 0) is 4.79 Å². The average molecular weight is 411 g/mol. The second-order valence-electron chi connectivity index (χ2n) is 8.36. The standard InChI is InChI=1S/C24H27ClN2O2/c1-16-3-2-4-19(13-16)22-12-9-20(23(28)26-14-17-5-6-17)15-27(22)24(29)18-7-10-21(25)11-8-18/h2-4,7-8,10-11,13,17,20,22H,5-6,9,12,14-15H2,1H3,(H,26,28). The van der Waals surface area contributed by atoms with Crippen LogP contribution < -0.4 is 5.32 Å². The van der Waals surface area contributed by atoms with E-state index < -0.39 is 0 Å². The molecule has 1 aliphatic carbocycles. The van der Waals surface area contributed by atoms with Gasteiger partial charge in [0.05, 0.1) is 12.0 Å². The highest BCUT2D eigenvalue weighted by Gasteiger charge is 2.36. The van der Waals surface area contributed by atoms with Crippen LogP contribution in [0.5, 0.6) is 0 Å². The molecule has 1 N–H and O–H groups in total. The maximum absolute atomic E-state index is 13.4. The van der Waals surface area contributed by atoms with Gasteiger partial charge in [-0.3, -0.25) is 9.59 Å². The lowest BCUT2D eigenvalue weighted by Gasteiger charge is -2.39. The van der Waals surface area contributed by atoms with Crippen molar-refractivity contribution in [1.82, 2.24) is 10.2 Å². The highest BCUT2D eigenvalue weighted by molar-refractivity contribution is 6.30. The molecule has 4 nitrogen and oxygen atoms in total. The molecule has 152 valence electrons. The number of carbonyl (C=O) groups excluding carboxylic acids is 2. The van der Waals surface area contributed by atoms with Crippen molar-refractivity contribution in [3.05, 3.63) is 70.2 Å². The number of nitrogens with one attached hydrogen (secondary N) is 1. The Balaban J connectivity index is 1.56. The maximum atomic E-state index is 13.4. The topological polar surface area (TPSA) is 49.4 Å². The van der Waals surface area contributed by atoms with Crippen molar-refractivity contribution in [2.24, 2.45) is 11.8 Å². The molecule has 4 rings (SSSR count). The van der Waals surface area contributed by atoms with Crippen LogP contribution in [0.3, 0.4) is 0 Å². The van der Waals surface area contributed by atoms with Gasteiger partial charge in [0.1, 0.15) is 0 Å². The van der Waals surface area contributed by atoms with Crippen molar-refractivity contribution in [3.63, 3.8) is 0 Å². The summed E-state index contributed by atoms with van der Waals surface area (Å²) in [6.45, 7) is 3.27. The summed E-state index contributed by atoms with van der Waals surface area (Å²) in [6.07, 6.45) is 3.99. The molecule has 2 amide bonds. The number of halogens is 1. The van der Waals surface area contributed by atoms with Crippen molar-refractivity contribution < 1.29 is 9.59 Å². The Morgan fingerprint density at radius 3 is 2.52 bits per heavy atom. The van der Waals surface area contributed by atoms with Gasteiger partial charge < -0.3 is 10.2 Å². The first-order chi connectivity index (χ1) is 14.0. The molecule has 0 radical (unpaired) electrons. The summed E-state index contributed by atoms with van der Waals surface area (Å²) in [5, 5.41) is 3.69. The number of likely N-dealkylation sites (tertiary alicyclic amines) is 1. The SMILES string of the molecule is Cc1cccc(C2CCC(C(=O)NCC3CC3)CN2C(=O)c2ccc(Cl)cc2)c1. The molecule has 1 heterocycles. The van der Waals surface area contributed by atoms with Crippen molar-refractivity contribution >= 4 is 23.4 Å². The highest BCUT2D eigenvalue weighted by Crippen LogP contribution is 2.35. The molecule has 2 aliphatic rings. The van der Waals surface area contributed by atoms with Gasteiger partial charge in [0.2, 0.25) is 5.91 Å². The Hall–Kier alpha value is -2.33. The number of benzene rings is 2. The summed E-state index contributed by atoms with van der Waals surface area (Å²) in [6, 6.07) is 15.3. The number of carbonyl (C=O) groups is 2. The zero-order chi connectivity index (χ0) is 20.4. The molecular weight excluding hydrogens is 384 g/mol. The van der Waals surface area contributed by atoms with Crippen LogP contribution in [0.4, 0.5) is 0 Å². The second-order valence-corrected chi connectivity index (χ2v) is 8.79. The zero-order valence-electron chi connectivity index (χ0n) is 16.7. The normalized spacial score (nSPS) is 21.7. The second kappa shape index (κ2) is 8.58. The molecular formula is C24H27ClN2O2. The summed E-state index contributed by atoms with van der Waals surface area (Å²) in [5.41, 5.74) is 2.90. The Bertz CT molecular complexity index is 892. The Morgan fingerprint density at radius 1 is 1.07 bits per heavy atom. The monoisotopic (exact) mass is 410 g/mol. The third kappa shape index (κ3) is 4.81. The van der Waals surface area contributed by atoms with Gasteiger partial charge in [-0.25, -0.2) is 0 Å². The van der Waals surface area contributed by atoms with Gasteiger partial charge in [0, 0.05) is 23.7 Å². The van der Waals surface area contributed by atoms with E-state index >= 15 is 0 Å². The van der Waals surface area contributed by atoms with E-state index in [2.05, 4.69) is 30.4 Å². The molecule has 1 saturated carbocycles. The molecule has 1 aliphatic heterocycles. The van der Waals surface area contributed by atoms with E-state index in [0.29, 0.717) is 23.0 Å². The maximum Gasteiger partial charge on any atom is 0.254 e. The van der Waals surface area contributed by atoms with Crippen molar-refractivity contribution in [3.8, 4) is 0 Å². The van der Waals surface area contributed by atoms with Gasteiger partial charge in [-0.1, -0.05) is 41.4 Å². The Morgan fingerprint density at radius 2 is 1.83 bits per heavy atom. The van der Waals surface area contributed by atoms with E-state index in [1.165, 1.54) is 18.4 Å². The molecule has 0 aromatic heterocycles. The summed E-state index contributed by atoms with van der Waals surface area (Å²) < 4.78 is 0. The Kier molecular flexibility index (Phi) is 5.91. The van der Waals surface area contributed by atoms with Gasteiger partial charge >= 0.3 is 0 Å². The lowest BCUT2D eigenvalue weighted by molar-refractivity contribution is -0.126. The molecule has 0 spiro atoms. The lowest BCUT2D eigenvalue weighted by Crippen LogP contribution is -2.47. The molecule has 2 fully saturated rings. The number of hydrogen-bond acceptors (Lipinski definition) is 2. The fraction of sp³-hybridized carbons (Fsp3) is 0.417. The van der Waals surface area contributed by atoms with Gasteiger partial charge in [-0.05, 0) is 68.4 Å². The third-order valence-corrected chi connectivity index (χ3v) is 6.25. The smallest absolute Gasteiger partial charge is 0.254 e. The molecule has 2 unspecified atom stereocenters. The van der Waals surface area contributed by atoms with E-state index in [0.717, 1.165) is 24.9 Å². The minimum atomic E-state index is -0.161. The van der Waals surface area contributed by atoms with Gasteiger partial charge in [0.15, 0.2) is 0 Å². The summed E-state index contributed by atoms with van der Waals surface area (Å²) in [4.78, 5) is 28.0. The minimum absolute atomic E-state index is 0.0226. The van der Waals surface area contributed by atoms with Crippen LogP contribution in [0.1, 0.15) is 53.2 Å². The quantitative estimate of drug-likeness (QED) is 0.771. The largest absolute Gasteiger partial charge is 0.356 e. The number of hydrogen-bond donors (Lipinski definition) is 1. The van der Waals surface area contributed by atoms with Crippen LogP contribution in [-0.4, -0.2) is 29.8 Å². The van der Waals surface area contributed by atoms with E-state index in [9.17, 15) is 9.59 Å². The molecule has 1 saturated heterocycles. The number of rotatable bonds is 5. The van der Waals surface area contributed by atoms with Crippen LogP contribution >= 0.6 is 11.6 Å². The van der Waals surface area contributed by atoms with Crippen molar-refractivity contribution in [2.45, 2.75) is 38.6 Å². The molecule has 29 heavy (non-hydrogen) atoms. The van der Waals surface area contributed by atoms with Gasteiger partial charge in [0.25, 0.3) is 5.91 Å². The highest BCUT2D eigenvalue weighted by atomic mass is 35.5. The first kappa shape index (κ1) is 20.0.